The van der Waals surface area contributed by atoms with Crippen LogP contribution in [-0.4, -0.2) is 43.3 Å². The van der Waals surface area contributed by atoms with Crippen LogP contribution in [0.5, 0.6) is 0 Å². The molecule has 13 heavy (non-hydrogen) atoms. The molecular formula is C10H22N2O. The molecule has 0 bridgehead atoms. The van der Waals surface area contributed by atoms with Crippen LogP contribution in [0.4, 0.5) is 0 Å². The van der Waals surface area contributed by atoms with Crippen LogP contribution < -0.4 is 5.73 Å². The lowest BCUT2D eigenvalue weighted by atomic mass is 10.1. The molecule has 0 aromatic rings. The summed E-state index contributed by atoms with van der Waals surface area (Å²) < 4.78 is 5.50. The second kappa shape index (κ2) is 5.58. The van der Waals surface area contributed by atoms with E-state index in [9.17, 15) is 0 Å². The number of hydrogen-bond donors (Lipinski definition) is 1. The van der Waals surface area contributed by atoms with Crippen LogP contribution in [0.2, 0.25) is 0 Å². The van der Waals surface area contributed by atoms with Crippen molar-refractivity contribution in [1.82, 2.24) is 4.90 Å². The molecule has 1 aliphatic heterocycles. The average molecular weight is 186 g/mol. The zero-order chi connectivity index (χ0) is 9.68. The van der Waals surface area contributed by atoms with Crippen LogP contribution in [0.1, 0.15) is 26.7 Å². The minimum atomic E-state index is 0.397. The molecule has 1 fully saturated rings. The Labute approximate surface area is 81.2 Å². The van der Waals surface area contributed by atoms with Gasteiger partial charge in [0.05, 0.1) is 12.7 Å². The molecule has 0 aliphatic carbocycles. The van der Waals surface area contributed by atoms with Gasteiger partial charge < -0.3 is 10.5 Å². The van der Waals surface area contributed by atoms with Crippen molar-refractivity contribution in [2.24, 2.45) is 5.73 Å². The van der Waals surface area contributed by atoms with E-state index in [0.717, 1.165) is 32.7 Å². The molecule has 0 saturated carbocycles. The van der Waals surface area contributed by atoms with Gasteiger partial charge >= 0.3 is 0 Å². The van der Waals surface area contributed by atoms with Gasteiger partial charge in [0.25, 0.3) is 0 Å². The Hall–Kier alpha value is -0.120. The second-order valence-electron chi connectivity index (χ2n) is 3.96. The molecule has 0 radical (unpaired) electrons. The van der Waals surface area contributed by atoms with E-state index in [1.165, 1.54) is 6.42 Å². The number of morpholine rings is 1. The van der Waals surface area contributed by atoms with Gasteiger partial charge in [0, 0.05) is 19.1 Å². The van der Waals surface area contributed by atoms with Gasteiger partial charge in [-0.2, -0.15) is 0 Å². The largest absolute Gasteiger partial charge is 0.376 e. The van der Waals surface area contributed by atoms with Crippen molar-refractivity contribution in [2.45, 2.75) is 38.8 Å². The standard InChI is InChI=1S/C10H22N2O/c1-9(4-3-5-11)12-6-7-13-10(2)8-12/h9-10H,3-8,11H2,1-2H3. The highest BCUT2D eigenvalue weighted by Crippen LogP contribution is 2.11. The monoisotopic (exact) mass is 186 g/mol. The highest BCUT2D eigenvalue weighted by atomic mass is 16.5. The van der Waals surface area contributed by atoms with Crippen molar-refractivity contribution < 1.29 is 4.74 Å². The Kier molecular flexibility index (Phi) is 4.70. The first-order valence-corrected chi connectivity index (χ1v) is 5.29. The lowest BCUT2D eigenvalue weighted by Gasteiger charge is -2.35. The summed E-state index contributed by atoms with van der Waals surface area (Å²) in [4.78, 5) is 2.50. The van der Waals surface area contributed by atoms with E-state index in [0.29, 0.717) is 12.1 Å². The number of hydrogen-bond acceptors (Lipinski definition) is 3. The number of rotatable bonds is 4. The minimum Gasteiger partial charge on any atom is -0.376 e. The molecule has 1 aliphatic rings. The Bertz CT molecular complexity index is 141. The van der Waals surface area contributed by atoms with Crippen molar-refractivity contribution >= 4 is 0 Å². The third kappa shape index (κ3) is 3.63. The molecule has 1 saturated heterocycles. The zero-order valence-electron chi connectivity index (χ0n) is 8.83. The van der Waals surface area contributed by atoms with Gasteiger partial charge in [0.2, 0.25) is 0 Å². The quantitative estimate of drug-likeness (QED) is 0.707. The molecule has 0 aromatic heterocycles. The molecule has 2 atom stereocenters. The van der Waals surface area contributed by atoms with Gasteiger partial charge in [-0.3, -0.25) is 4.90 Å². The highest BCUT2D eigenvalue weighted by Gasteiger charge is 2.20. The Morgan fingerprint density at radius 3 is 3.00 bits per heavy atom. The lowest BCUT2D eigenvalue weighted by molar-refractivity contribution is -0.0326. The van der Waals surface area contributed by atoms with Gasteiger partial charge in [-0.05, 0) is 33.2 Å². The summed E-state index contributed by atoms with van der Waals surface area (Å²) >= 11 is 0. The summed E-state index contributed by atoms with van der Waals surface area (Å²) in [5.41, 5.74) is 5.49. The van der Waals surface area contributed by atoms with Crippen LogP contribution in [0, 0.1) is 0 Å². The van der Waals surface area contributed by atoms with E-state index >= 15 is 0 Å². The first-order chi connectivity index (χ1) is 6.24. The zero-order valence-corrected chi connectivity index (χ0v) is 8.83. The maximum absolute atomic E-state index is 5.50. The number of ether oxygens (including phenoxy) is 1. The summed E-state index contributed by atoms with van der Waals surface area (Å²) in [5.74, 6) is 0. The van der Waals surface area contributed by atoms with Crippen LogP contribution >= 0.6 is 0 Å². The van der Waals surface area contributed by atoms with E-state index in [-0.39, 0.29) is 0 Å². The molecule has 0 spiro atoms. The van der Waals surface area contributed by atoms with E-state index in [4.69, 9.17) is 10.5 Å². The van der Waals surface area contributed by atoms with E-state index in [1.807, 2.05) is 0 Å². The molecular weight excluding hydrogens is 164 g/mol. The fourth-order valence-electron chi connectivity index (χ4n) is 1.84. The Morgan fingerprint density at radius 2 is 2.38 bits per heavy atom. The summed E-state index contributed by atoms with van der Waals surface area (Å²) in [6.45, 7) is 8.27. The summed E-state index contributed by atoms with van der Waals surface area (Å²) in [7, 11) is 0. The van der Waals surface area contributed by atoms with Crippen molar-refractivity contribution in [3.8, 4) is 0 Å². The molecule has 0 aromatic carbocycles. The molecule has 3 nitrogen and oxygen atoms in total. The summed E-state index contributed by atoms with van der Waals surface area (Å²) in [5, 5.41) is 0. The smallest absolute Gasteiger partial charge is 0.0674 e. The van der Waals surface area contributed by atoms with Crippen LogP contribution in [0.15, 0.2) is 0 Å². The SMILES string of the molecule is CC1CN(C(C)CCCN)CCO1. The first-order valence-electron chi connectivity index (χ1n) is 5.29. The highest BCUT2D eigenvalue weighted by molar-refractivity contribution is 4.73. The predicted octanol–water partition coefficient (Wildman–Crippen LogP) is 0.834. The molecule has 3 heteroatoms. The van der Waals surface area contributed by atoms with Crippen molar-refractivity contribution in [2.75, 3.05) is 26.2 Å². The van der Waals surface area contributed by atoms with Gasteiger partial charge in [0.1, 0.15) is 0 Å². The molecule has 78 valence electrons. The molecule has 2 N–H and O–H groups in total. The molecule has 1 rings (SSSR count). The fourth-order valence-corrected chi connectivity index (χ4v) is 1.84. The average Bonchev–Trinajstić information content (AvgIpc) is 2.14. The van der Waals surface area contributed by atoms with E-state index < -0.39 is 0 Å². The molecule has 1 heterocycles. The number of nitrogens with zero attached hydrogens (tertiary/aromatic N) is 1. The van der Waals surface area contributed by atoms with Gasteiger partial charge in [0.15, 0.2) is 0 Å². The fraction of sp³-hybridized carbons (Fsp3) is 1.00. The van der Waals surface area contributed by atoms with Gasteiger partial charge in [-0.15, -0.1) is 0 Å². The van der Waals surface area contributed by atoms with Crippen LogP contribution in [0.3, 0.4) is 0 Å². The van der Waals surface area contributed by atoms with Gasteiger partial charge in [-0.25, -0.2) is 0 Å². The van der Waals surface area contributed by atoms with E-state index in [1.54, 1.807) is 0 Å². The third-order valence-electron chi connectivity index (χ3n) is 2.72. The van der Waals surface area contributed by atoms with Crippen molar-refractivity contribution in [1.29, 1.82) is 0 Å². The minimum absolute atomic E-state index is 0.397. The van der Waals surface area contributed by atoms with Gasteiger partial charge in [-0.1, -0.05) is 0 Å². The summed E-state index contributed by atoms with van der Waals surface area (Å²) in [6.07, 6.45) is 2.74. The summed E-state index contributed by atoms with van der Waals surface area (Å²) in [6, 6.07) is 0.662. The molecule has 2 unspecified atom stereocenters. The number of nitrogens with two attached hydrogens (primary N) is 1. The maximum Gasteiger partial charge on any atom is 0.0674 e. The maximum atomic E-state index is 5.50. The topological polar surface area (TPSA) is 38.5 Å². The Balaban J connectivity index is 2.24. The lowest BCUT2D eigenvalue weighted by Crippen LogP contribution is -2.45. The van der Waals surface area contributed by atoms with Crippen LogP contribution in [0.25, 0.3) is 0 Å². The normalized spacial score (nSPS) is 27.5. The third-order valence-corrected chi connectivity index (χ3v) is 2.72. The first kappa shape index (κ1) is 11.0. The van der Waals surface area contributed by atoms with Crippen LogP contribution in [-0.2, 0) is 4.74 Å². The van der Waals surface area contributed by atoms with Crippen molar-refractivity contribution in [3.05, 3.63) is 0 Å². The predicted molar refractivity (Wildman–Crippen MR) is 54.7 cm³/mol. The Morgan fingerprint density at radius 1 is 1.62 bits per heavy atom. The van der Waals surface area contributed by atoms with Crippen molar-refractivity contribution in [3.63, 3.8) is 0 Å². The van der Waals surface area contributed by atoms with E-state index in [2.05, 4.69) is 18.7 Å². The second-order valence-corrected chi connectivity index (χ2v) is 3.96. The molecule has 0 amide bonds.